The van der Waals surface area contributed by atoms with Gasteiger partial charge in [0.1, 0.15) is 5.75 Å². The Bertz CT molecular complexity index is 603. The number of nitrogens with zero attached hydrogens (tertiary/aromatic N) is 2. The van der Waals surface area contributed by atoms with Crippen LogP contribution >= 0.6 is 0 Å². The van der Waals surface area contributed by atoms with Gasteiger partial charge in [-0.15, -0.1) is 0 Å². The molecular weight excluding hydrogens is 260 g/mol. The number of hydrogen-bond acceptors (Lipinski definition) is 4. The lowest BCUT2D eigenvalue weighted by Gasteiger charge is -2.12. The van der Waals surface area contributed by atoms with Crippen molar-refractivity contribution in [1.82, 2.24) is 9.78 Å². The molecule has 1 aliphatic heterocycles. The molecule has 0 saturated carbocycles. The number of rotatable bonds is 4. The topological polar surface area (TPSA) is 73.6 Å². The maximum atomic E-state index is 11.5. The van der Waals surface area contributed by atoms with Crippen LogP contribution in [0.25, 0.3) is 0 Å². The third-order valence-corrected chi connectivity index (χ3v) is 3.11. The molecule has 1 aromatic carbocycles. The van der Waals surface area contributed by atoms with Crippen molar-refractivity contribution in [3.8, 4) is 11.5 Å². The minimum absolute atomic E-state index is 0.0146. The lowest BCUT2D eigenvalue weighted by molar-refractivity contribution is 0.0387. The Balaban J connectivity index is 1.93. The van der Waals surface area contributed by atoms with Crippen LogP contribution in [0.1, 0.15) is 29.6 Å². The second-order valence-corrected chi connectivity index (χ2v) is 4.49. The van der Waals surface area contributed by atoms with E-state index in [1.807, 2.05) is 18.2 Å². The normalized spacial score (nSPS) is 18.1. The van der Waals surface area contributed by atoms with Crippen LogP contribution < -0.4 is 4.74 Å². The van der Waals surface area contributed by atoms with Crippen LogP contribution in [0, 0.1) is 0 Å². The minimum Gasteiger partial charge on any atom is -0.476 e. The zero-order chi connectivity index (χ0) is 13.9. The van der Waals surface area contributed by atoms with Crippen molar-refractivity contribution in [2.24, 2.45) is 0 Å². The van der Waals surface area contributed by atoms with E-state index in [0.29, 0.717) is 12.4 Å². The molecule has 0 amide bonds. The van der Waals surface area contributed by atoms with Crippen molar-refractivity contribution >= 4 is 5.97 Å². The number of hydrogen-bond donors (Lipinski definition) is 1. The standard InChI is InChI=1S/C14H14N2O4/c17-14(18)13-11(20-10-5-2-1-3-6-10)9-15-16(13)12-7-4-8-19-12/h1-3,5-6,9,12H,4,7-8H2,(H,17,18). The van der Waals surface area contributed by atoms with Gasteiger partial charge in [0.15, 0.2) is 17.7 Å². The Morgan fingerprint density at radius 3 is 2.85 bits per heavy atom. The maximum absolute atomic E-state index is 11.5. The summed E-state index contributed by atoms with van der Waals surface area (Å²) in [6, 6.07) is 9.02. The second-order valence-electron chi connectivity index (χ2n) is 4.49. The fourth-order valence-corrected chi connectivity index (χ4v) is 2.21. The summed E-state index contributed by atoms with van der Waals surface area (Å²) in [4.78, 5) is 11.5. The van der Waals surface area contributed by atoms with E-state index in [1.165, 1.54) is 10.9 Å². The Kier molecular flexibility index (Phi) is 3.39. The van der Waals surface area contributed by atoms with Crippen molar-refractivity contribution in [1.29, 1.82) is 0 Å². The van der Waals surface area contributed by atoms with E-state index in [4.69, 9.17) is 9.47 Å². The van der Waals surface area contributed by atoms with E-state index < -0.39 is 5.97 Å². The van der Waals surface area contributed by atoms with Crippen LogP contribution in [-0.2, 0) is 4.74 Å². The quantitative estimate of drug-likeness (QED) is 0.927. The highest BCUT2D eigenvalue weighted by molar-refractivity contribution is 5.89. The van der Waals surface area contributed by atoms with E-state index in [-0.39, 0.29) is 17.7 Å². The van der Waals surface area contributed by atoms with E-state index in [2.05, 4.69) is 5.10 Å². The largest absolute Gasteiger partial charge is 0.476 e. The van der Waals surface area contributed by atoms with Gasteiger partial charge in [-0.05, 0) is 25.0 Å². The number of aromatic carboxylic acids is 1. The lowest BCUT2D eigenvalue weighted by atomic mass is 10.3. The minimum atomic E-state index is -1.08. The number of benzene rings is 1. The molecule has 6 heteroatoms. The fraction of sp³-hybridized carbons (Fsp3) is 0.286. The molecule has 2 heterocycles. The average molecular weight is 274 g/mol. The summed E-state index contributed by atoms with van der Waals surface area (Å²) in [7, 11) is 0. The van der Waals surface area contributed by atoms with E-state index in [0.717, 1.165) is 12.8 Å². The highest BCUT2D eigenvalue weighted by atomic mass is 16.5. The van der Waals surface area contributed by atoms with Crippen molar-refractivity contribution in [3.05, 3.63) is 42.2 Å². The highest BCUT2D eigenvalue weighted by Gasteiger charge is 2.27. The molecule has 2 aromatic rings. The molecule has 1 saturated heterocycles. The van der Waals surface area contributed by atoms with Crippen LogP contribution in [-0.4, -0.2) is 27.5 Å². The van der Waals surface area contributed by atoms with Gasteiger partial charge < -0.3 is 14.6 Å². The Morgan fingerprint density at radius 1 is 1.40 bits per heavy atom. The molecule has 1 N–H and O–H groups in total. The van der Waals surface area contributed by atoms with Crippen molar-refractivity contribution in [2.45, 2.75) is 19.1 Å². The molecule has 3 rings (SSSR count). The summed E-state index contributed by atoms with van der Waals surface area (Å²) in [6.45, 7) is 0.623. The molecule has 1 atom stereocenters. The van der Waals surface area contributed by atoms with Crippen molar-refractivity contribution < 1.29 is 19.4 Å². The highest BCUT2D eigenvalue weighted by Crippen LogP contribution is 2.30. The summed E-state index contributed by atoms with van der Waals surface area (Å²) in [5.41, 5.74) is 0.0146. The molecule has 0 bridgehead atoms. The van der Waals surface area contributed by atoms with Crippen LogP contribution in [0.4, 0.5) is 0 Å². The predicted molar refractivity (Wildman–Crippen MR) is 69.9 cm³/mol. The average Bonchev–Trinajstić information content (AvgIpc) is 3.08. The van der Waals surface area contributed by atoms with Crippen LogP contribution in [0.15, 0.2) is 36.5 Å². The van der Waals surface area contributed by atoms with Gasteiger partial charge in [-0.25, -0.2) is 9.48 Å². The smallest absolute Gasteiger partial charge is 0.358 e. The van der Waals surface area contributed by atoms with Crippen LogP contribution in [0.2, 0.25) is 0 Å². The summed E-state index contributed by atoms with van der Waals surface area (Å²) in [6.07, 6.45) is 2.75. The third kappa shape index (κ3) is 2.37. The summed E-state index contributed by atoms with van der Waals surface area (Å²) >= 11 is 0. The van der Waals surface area contributed by atoms with Gasteiger partial charge in [-0.1, -0.05) is 18.2 Å². The molecule has 0 aliphatic carbocycles. The SMILES string of the molecule is O=C(O)c1c(Oc2ccccc2)cnn1C1CCCO1. The molecule has 1 unspecified atom stereocenters. The first-order valence-electron chi connectivity index (χ1n) is 6.41. The summed E-state index contributed by atoms with van der Waals surface area (Å²) < 4.78 is 12.4. The number of para-hydroxylation sites is 1. The van der Waals surface area contributed by atoms with Gasteiger partial charge in [0.2, 0.25) is 0 Å². The van der Waals surface area contributed by atoms with Gasteiger partial charge in [0.25, 0.3) is 0 Å². The van der Waals surface area contributed by atoms with E-state index in [9.17, 15) is 9.90 Å². The number of carboxylic acid groups (broad SMARTS) is 1. The molecule has 0 spiro atoms. The maximum Gasteiger partial charge on any atom is 0.358 e. The molecule has 6 nitrogen and oxygen atoms in total. The zero-order valence-electron chi connectivity index (χ0n) is 10.7. The first-order chi connectivity index (χ1) is 9.75. The third-order valence-electron chi connectivity index (χ3n) is 3.11. The van der Waals surface area contributed by atoms with Gasteiger partial charge in [0, 0.05) is 6.61 Å². The predicted octanol–water partition coefficient (Wildman–Crippen LogP) is 2.68. The molecule has 1 aromatic heterocycles. The van der Waals surface area contributed by atoms with Crippen molar-refractivity contribution in [3.63, 3.8) is 0 Å². The molecule has 0 radical (unpaired) electrons. The van der Waals surface area contributed by atoms with Crippen LogP contribution in [0.3, 0.4) is 0 Å². The second kappa shape index (κ2) is 5.34. The van der Waals surface area contributed by atoms with Gasteiger partial charge in [0.05, 0.1) is 6.20 Å². The van der Waals surface area contributed by atoms with Gasteiger partial charge >= 0.3 is 5.97 Å². The van der Waals surface area contributed by atoms with Gasteiger partial charge in [-0.2, -0.15) is 5.10 Å². The zero-order valence-corrected chi connectivity index (χ0v) is 10.7. The van der Waals surface area contributed by atoms with E-state index >= 15 is 0 Å². The van der Waals surface area contributed by atoms with Crippen LogP contribution in [0.5, 0.6) is 11.5 Å². The first-order valence-corrected chi connectivity index (χ1v) is 6.41. The lowest BCUT2D eigenvalue weighted by Crippen LogP contribution is -2.16. The Labute approximate surface area is 115 Å². The Morgan fingerprint density at radius 2 is 2.20 bits per heavy atom. The van der Waals surface area contributed by atoms with Crippen molar-refractivity contribution in [2.75, 3.05) is 6.61 Å². The number of aromatic nitrogens is 2. The molecular formula is C14H14N2O4. The summed E-state index contributed by atoms with van der Waals surface area (Å²) in [5.74, 6) is -0.287. The summed E-state index contributed by atoms with van der Waals surface area (Å²) in [5, 5.41) is 13.5. The first kappa shape index (κ1) is 12.7. The number of carbonyl (C=O) groups is 1. The Hall–Kier alpha value is -2.34. The monoisotopic (exact) mass is 274 g/mol. The molecule has 104 valence electrons. The molecule has 20 heavy (non-hydrogen) atoms. The van der Waals surface area contributed by atoms with Gasteiger partial charge in [-0.3, -0.25) is 0 Å². The van der Waals surface area contributed by atoms with E-state index in [1.54, 1.807) is 12.1 Å². The molecule has 1 fully saturated rings. The fourth-order valence-electron chi connectivity index (χ4n) is 2.21. The molecule has 1 aliphatic rings. The number of ether oxygens (including phenoxy) is 2. The number of carboxylic acids is 1.